The largest absolute Gasteiger partial charge is 0.490 e. The molecule has 1 unspecified atom stereocenters. The molecule has 4 heterocycles. The first-order chi connectivity index (χ1) is 19.0. The molecule has 0 saturated carbocycles. The van der Waals surface area contributed by atoms with Gasteiger partial charge in [-0.25, -0.2) is 19.0 Å². The summed E-state index contributed by atoms with van der Waals surface area (Å²) in [6.45, 7) is 7.66. The number of aliphatic carboxylic acids is 2. The van der Waals surface area contributed by atoms with Crippen LogP contribution in [0.1, 0.15) is 24.2 Å². The molecule has 0 amide bonds. The number of piperidine rings is 1. The van der Waals surface area contributed by atoms with E-state index in [0.717, 1.165) is 57.0 Å². The molecule has 0 radical (unpaired) electrons. The summed E-state index contributed by atoms with van der Waals surface area (Å²) in [6.07, 6.45) is -6.29. The number of rotatable bonds is 3. The SMILES string of the molecule is Cc1cccc(CN2CCCC3(COCCN(c4ncccc4F)C3)C2)n1.O=C(O)C(F)(F)F.O=C(O)C(F)(F)F. The smallest absolute Gasteiger partial charge is 0.475 e. The van der Waals surface area contributed by atoms with E-state index in [1.54, 1.807) is 12.3 Å². The van der Waals surface area contributed by atoms with Crippen LogP contribution in [0.25, 0.3) is 0 Å². The fourth-order valence-electron chi connectivity index (χ4n) is 4.39. The van der Waals surface area contributed by atoms with Gasteiger partial charge in [-0.05, 0) is 50.6 Å². The van der Waals surface area contributed by atoms with Crippen LogP contribution in [0.3, 0.4) is 0 Å². The highest BCUT2D eigenvalue weighted by atomic mass is 19.4. The van der Waals surface area contributed by atoms with Crippen LogP contribution in [0.5, 0.6) is 0 Å². The number of hydrogen-bond donors (Lipinski definition) is 2. The molecule has 1 atom stereocenters. The Morgan fingerprint density at radius 2 is 1.63 bits per heavy atom. The molecule has 228 valence electrons. The van der Waals surface area contributed by atoms with Gasteiger partial charge in [0, 0.05) is 43.5 Å². The quantitative estimate of drug-likeness (QED) is 0.499. The standard InChI is InChI=1S/C21H27FN4O.2C2HF3O2/c1-17-5-2-6-18(24-17)13-25-10-4-8-21(14-25)15-26(11-12-27-16-21)20-19(22)7-3-9-23-20;2*3-2(4,5)1(6)7/h2-3,5-7,9H,4,8,10-16H2,1H3;2*(H,6,7). The minimum atomic E-state index is -5.08. The maximum atomic E-state index is 14.3. The van der Waals surface area contributed by atoms with Gasteiger partial charge >= 0.3 is 24.3 Å². The number of carboxylic acid groups (broad SMARTS) is 2. The molecule has 2 aliphatic rings. The summed E-state index contributed by atoms with van der Waals surface area (Å²) in [7, 11) is 0. The summed E-state index contributed by atoms with van der Waals surface area (Å²) in [5.74, 6) is -5.33. The molecule has 41 heavy (non-hydrogen) atoms. The fourth-order valence-corrected chi connectivity index (χ4v) is 4.39. The minimum absolute atomic E-state index is 0.00252. The van der Waals surface area contributed by atoms with Crippen LogP contribution in [0.15, 0.2) is 36.5 Å². The van der Waals surface area contributed by atoms with Crippen molar-refractivity contribution in [1.29, 1.82) is 0 Å². The van der Waals surface area contributed by atoms with Gasteiger partial charge in [0.05, 0.1) is 18.9 Å². The molecule has 0 aliphatic carbocycles. The molecular formula is C25H29F7N4O5. The number of carbonyl (C=O) groups is 2. The van der Waals surface area contributed by atoms with Crippen molar-refractivity contribution in [2.45, 2.75) is 38.7 Å². The second-order valence-corrected chi connectivity index (χ2v) is 9.47. The van der Waals surface area contributed by atoms with Crippen LogP contribution in [0.4, 0.5) is 36.6 Å². The summed E-state index contributed by atoms with van der Waals surface area (Å²) in [4.78, 5) is 31.3. The highest BCUT2D eigenvalue weighted by Crippen LogP contribution is 2.35. The zero-order valence-corrected chi connectivity index (χ0v) is 21.9. The van der Waals surface area contributed by atoms with E-state index in [-0.39, 0.29) is 11.2 Å². The molecule has 2 saturated heterocycles. The predicted molar refractivity (Wildman–Crippen MR) is 131 cm³/mol. The molecule has 2 aromatic heterocycles. The van der Waals surface area contributed by atoms with Gasteiger partial charge < -0.3 is 19.8 Å². The Morgan fingerprint density at radius 1 is 1.00 bits per heavy atom. The predicted octanol–water partition coefficient (Wildman–Crippen LogP) is 4.31. The average Bonchev–Trinajstić information content (AvgIpc) is 3.06. The normalized spacial score (nSPS) is 19.8. The number of likely N-dealkylation sites (tertiary alicyclic amines) is 1. The highest BCUT2D eigenvalue weighted by Gasteiger charge is 2.40. The van der Waals surface area contributed by atoms with Crippen molar-refractivity contribution in [2.24, 2.45) is 5.41 Å². The third-order valence-corrected chi connectivity index (χ3v) is 6.04. The molecule has 0 bridgehead atoms. The summed E-state index contributed by atoms with van der Waals surface area (Å²) >= 11 is 0. The Morgan fingerprint density at radius 3 is 2.20 bits per heavy atom. The topological polar surface area (TPSA) is 116 Å². The lowest BCUT2D eigenvalue weighted by Crippen LogP contribution is -2.50. The van der Waals surface area contributed by atoms with Gasteiger partial charge in [0.15, 0.2) is 11.6 Å². The van der Waals surface area contributed by atoms with Crippen LogP contribution in [0.2, 0.25) is 0 Å². The Labute approximate surface area is 230 Å². The minimum Gasteiger partial charge on any atom is -0.475 e. The second kappa shape index (κ2) is 14.4. The van der Waals surface area contributed by atoms with Crippen molar-refractivity contribution in [3.63, 3.8) is 0 Å². The Hall–Kier alpha value is -3.53. The Kier molecular flexibility index (Phi) is 11.8. The van der Waals surface area contributed by atoms with Gasteiger partial charge in [0.1, 0.15) is 0 Å². The number of alkyl halides is 6. The van der Waals surface area contributed by atoms with Gasteiger partial charge in [-0.3, -0.25) is 9.88 Å². The number of anilines is 1. The van der Waals surface area contributed by atoms with E-state index in [4.69, 9.17) is 24.5 Å². The fraction of sp³-hybridized carbons (Fsp3) is 0.520. The first-order valence-electron chi connectivity index (χ1n) is 12.2. The lowest BCUT2D eigenvalue weighted by molar-refractivity contribution is -0.193. The molecule has 2 fully saturated rings. The van der Waals surface area contributed by atoms with Crippen molar-refractivity contribution in [2.75, 3.05) is 44.3 Å². The number of halogens is 7. The number of aromatic nitrogens is 2. The molecule has 2 aliphatic heterocycles. The summed E-state index contributed by atoms with van der Waals surface area (Å²) in [5.41, 5.74) is 2.16. The third-order valence-electron chi connectivity index (χ3n) is 6.04. The number of nitrogens with zero attached hydrogens (tertiary/aromatic N) is 4. The molecule has 2 aromatic rings. The lowest BCUT2D eigenvalue weighted by atomic mass is 9.80. The van der Waals surface area contributed by atoms with E-state index in [9.17, 15) is 30.7 Å². The van der Waals surface area contributed by atoms with Gasteiger partial charge in [-0.2, -0.15) is 26.3 Å². The van der Waals surface area contributed by atoms with E-state index >= 15 is 0 Å². The first kappa shape index (κ1) is 33.7. The van der Waals surface area contributed by atoms with Gasteiger partial charge in [-0.15, -0.1) is 0 Å². The van der Waals surface area contributed by atoms with E-state index in [1.807, 2.05) is 13.0 Å². The molecule has 0 aromatic carbocycles. The summed E-state index contributed by atoms with van der Waals surface area (Å²) in [6, 6.07) is 9.31. The Bertz CT molecular complexity index is 1140. The number of pyridine rings is 2. The van der Waals surface area contributed by atoms with Crippen LogP contribution in [-0.2, 0) is 20.9 Å². The van der Waals surface area contributed by atoms with Crippen LogP contribution >= 0.6 is 0 Å². The molecule has 9 nitrogen and oxygen atoms in total. The van der Waals surface area contributed by atoms with E-state index in [2.05, 4.69) is 31.9 Å². The van der Waals surface area contributed by atoms with E-state index < -0.39 is 24.3 Å². The lowest BCUT2D eigenvalue weighted by Gasteiger charge is -2.43. The van der Waals surface area contributed by atoms with Gasteiger partial charge in [0.25, 0.3) is 0 Å². The number of carboxylic acids is 2. The van der Waals surface area contributed by atoms with Crippen molar-refractivity contribution >= 4 is 17.8 Å². The monoisotopic (exact) mass is 598 g/mol. The zero-order chi connectivity index (χ0) is 30.8. The Balaban J connectivity index is 0.000000349. The van der Waals surface area contributed by atoms with Gasteiger partial charge in [-0.1, -0.05) is 6.07 Å². The van der Waals surface area contributed by atoms with Crippen molar-refractivity contribution in [3.8, 4) is 0 Å². The van der Waals surface area contributed by atoms with Crippen molar-refractivity contribution in [1.82, 2.24) is 14.9 Å². The van der Waals surface area contributed by atoms with Gasteiger partial charge in [0.2, 0.25) is 0 Å². The van der Waals surface area contributed by atoms with E-state index in [1.165, 1.54) is 6.07 Å². The number of ether oxygens (including phenoxy) is 1. The molecule has 1 spiro atoms. The molecule has 2 N–H and O–H groups in total. The first-order valence-corrected chi connectivity index (χ1v) is 12.2. The zero-order valence-electron chi connectivity index (χ0n) is 21.9. The second-order valence-electron chi connectivity index (χ2n) is 9.47. The van der Waals surface area contributed by atoms with E-state index in [0.29, 0.717) is 19.0 Å². The van der Waals surface area contributed by atoms with Crippen LogP contribution in [0, 0.1) is 18.2 Å². The van der Waals surface area contributed by atoms with Crippen LogP contribution < -0.4 is 4.90 Å². The number of hydrogen-bond acceptors (Lipinski definition) is 7. The highest BCUT2D eigenvalue weighted by molar-refractivity contribution is 5.73. The maximum absolute atomic E-state index is 14.3. The van der Waals surface area contributed by atoms with Crippen molar-refractivity contribution in [3.05, 3.63) is 53.7 Å². The average molecular weight is 599 g/mol. The molecular weight excluding hydrogens is 569 g/mol. The third kappa shape index (κ3) is 11.1. The molecule has 16 heteroatoms. The van der Waals surface area contributed by atoms with Crippen molar-refractivity contribution < 1.29 is 55.3 Å². The van der Waals surface area contributed by atoms with Crippen LogP contribution in [-0.4, -0.2) is 88.8 Å². The maximum Gasteiger partial charge on any atom is 0.490 e. The molecule has 4 rings (SSSR count). The number of aryl methyl sites for hydroxylation is 1. The summed E-state index contributed by atoms with van der Waals surface area (Å²) < 4.78 is 83.7. The summed E-state index contributed by atoms with van der Waals surface area (Å²) in [5, 5.41) is 14.2.